The third-order valence-electron chi connectivity index (χ3n) is 4.29. The van der Waals surface area contributed by atoms with E-state index in [1.54, 1.807) is 11.3 Å². The molecule has 0 bridgehead atoms. The maximum absolute atomic E-state index is 9.72. The van der Waals surface area contributed by atoms with Crippen molar-refractivity contribution in [3.63, 3.8) is 0 Å². The van der Waals surface area contributed by atoms with Gasteiger partial charge in [-0.05, 0) is 61.7 Å². The molecule has 0 aromatic carbocycles. The summed E-state index contributed by atoms with van der Waals surface area (Å²) in [4.78, 5) is 4.50. The highest BCUT2D eigenvalue weighted by Crippen LogP contribution is 2.25. The van der Waals surface area contributed by atoms with Gasteiger partial charge in [-0.25, -0.2) is 0 Å². The predicted molar refractivity (Wildman–Crippen MR) is 84.0 cm³/mol. The van der Waals surface area contributed by atoms with E-state index in [4.69, 9.17) is 0 Å². The molecule has 1 aliphatic carbocycles. The molecule has 1 saturated carbocycles. The third kappa shape index (κ3) is 3.19. The van der Waals surface area contributed by atoms with Crippen LogP contribution in [0.25, 0.3) is 10.2 Å². The van der Waals surface area contributed by atoms with E-state index >= 15 is 0 Å². The minimum absolute atomic E-state index is 0.0880. The summed E-state index contributed by atoms with van der Waals surface area (Å²) in [5.74, 6) is 0.611. The minimum atomic E-state index is -0.0880. The number of nitrogens with zero attached hydrogens (tertiary/aromatic N) is 1. The van der Waals surface area contributed by atoms with E-state index in [1.807, 2.05) is 6.20 Å². The fourth-order valence-electron chi connectivity index (χ4n) is 3.01. The first-order valence-corrected chi connectivity index (χ1v) is 8.35. The molecule has 3 rings (SSSR count). The van der Waals surface area contributed by atoms with Gasteiger partial charge in [0.1, 0.15) is 0 Å². The summed E-state index contributed by atoms with van der Waals surface area (Å²) in [6.45, 7) is 3.18. The van der Waals surface area contributed by atoms with Crippen molar-refractivity contribution >= 4 is 21.6 Å². The van der Waals surface area contributed by atoms with Crippen LogP contribution in [-0.2, 0) is 0 Å². The van der Waals surface area contributed by atoms with Gasteiger partial charge in [0.15, 0.2) is 0 Å². The van der Waals surface area contributed by atoms with Crippen LogP contribution in [0.2, 0.25) is 0 Å². The molecule has 3 atom stereocenters. The molecule has 0 radical (unpaired) electrons. The second-order valence-electron chi connectivity index (χ2n) is 5.89. The molecule has 20 heavy (non-hydrogen) atoms. The topological polar surface area (TPSA) is 45.1 Å². The second-order valence-corrected chi connectivity index (χ2v) is 6.84. The fourth-order valence-corrected chi connectivity index (χ4v) is 3.80. The van der Waals surface area contributed by atoms with E-state index in [2.05, 4.69) is 34.7 Å². The summed E-state index contributed by atoms with van der Waals surface area (Å²) < 4.78 is 1.25. The standard InChI is InChI=1S/C16H22N2OS/c1-11(17-9-12-3-2-4-14(19)7-12)13-8-16-15(18-10-13)5-6-20-16/h5-6,8,10-12,14,17,19H,2-4,7,9H2,1H3. The van der Waals surface area contributed by atoms with E-state index < -0.39 is 0 Å². The van der Waals surface area contributed by atoms with Gasteiger partial charge >= 0.3 is 0 Å². The number of rotatable bonds is 4. The van der Waals surface area contributed by atoms with E-state index in [0.29, 0.717) is 12.0 Å². The maximum Gasteiger partial charge on any atom is 0.0809 e. The first-order valence-electron chi connectivity index (χ1n) is 7.47. The summed E-state index contributed by atoms with van der Waals surface area (Å²) in [7, 11) is 0. The Morgan fingerprint density at radius 1 is 1.50 bits per heavy atom. The Kier molecular flexibility index (Phi) is 4.34. The molecule has 0 amide bonds. The zero-order valence-electron chi connectivity index (χ0n) is 11.9. The molecule has 1 aliphatic rings. The highest BCUT2D eigenvalue weighted by atomic mass is 32.1. The van der Waals surface area contributed by atoms with Gasteiger partial charge in [-0.3, -0.25) is 4.98 Å². The van der Waals surface area contributed by atoms with E-state index in [1.165, 1.54) is 16.7 Å². The molecule has 1 fully saturated rings. The van der Waals surface area contributed by atoms with Gasteiger partial charge in [0.05, 0.1) is 16.3 Å². The van der Waals surface area contributed by atoms with Crippen molar-refractivity contribution in [3.05, 3.63) is 29.3 Å². The molecule has 0 spiro atoms. The highest BCUT2D eigenvalue weighted by molar-refractivity contribution is 7.17. The van der Waals surface area contributed by atoms with Crippen LogP contribution in [0.4, 0.5) is 0 Å². The van der Waals surface area contributed by atoms with Crippen LogP contribution in [0.5, 0.6) is 0 Å². The molecule has 2 aromatic heterocycles. The van der Waals surface area contributed by atoms with Crippen molar-refractivity contribution < 1.29 is 5.11 Å². The molecule has 0 aliphatic heterocycles. The number of aliphatic hydroxyl groups excluding tert-OH is 1. The van der Waals surface area contributed by atoms with Gasteiger partial charge in [0.25, 0.3) is 0 Å². The number of aliphatic hydroxyl groups is 1. The summed E-state index contributed by atoms with van der Waals surface area (Å²) in [6, 6.07) is 4.61. The summed E-state index contributed by atoms with van der Waals surface area (Å²) in [5.41, 5.74) is 2.33. The van der Waals surface area contributed by atoms with Crippen molar-refractivity contribution in [1.29, 1.82) is 0 Å². The lowest BCUT2D eigenvalue weighted by Gasteiger charge is -2.27. The fraction of sp³-hybridized carbons (Fsp3) is 0.562. The van der Waals surface area contributed by atoms with Crippen molar-refractivity contribution in [2.24, 2.45) is 5.92 Å². The van der Waals surface area contributed by atoms with Crippen molar-refractivity contribution in [3.8, 4) is 0 Å². The number of pyridine rings is 1. The first-order chi connectivity index (χ1) is 9.72. The van der Waals surface area contributed by atoms with Crippen molar-refractivity contribution in [2.75, 3.05) is 6.54 Å². The Bertz CT molecular complexity index is 568. The van der Waals surface area contributed by atoms with Gasteiger partial charge in [0.2, 0.25) is 0 Å². The Morgan fingerprint density at radius 3 is 3.25 bits per heavy atom. The van der Waals surface area contributed by atoms with E-state index in [-0.39, 0.29) is 6.10 Å². The normalized spacial score (nSPS) is 24.9. The van der Waals surface area contributed by atoms with Gasteiger partial charge in [-0.2, -0.15) is 0 Å². The smallest absolute Gasteiger partial charge is 0.0809 e. The quantitative estimate of drug-likeness (QED) is 0.906. The number of fused-ring (bicyclic) bond motifs is 1. The Labute approximate surface area is 124 Å². The number of nitrogens with one attached hydrogen (secondary N) is 1. The zero-order chi connectivity index (χ0) is 13.9. The highest BCUT2D eigenvalue weighted by Gasteiger charge is 2.20. The largest absolute Gasteiger partial charge is 0.393 e. The zero-order valence-corrected chi connectivity index (χ0v) is 12.7. The summed E-state index contributed by atoms with van der Waals surface area (Å²) >= 11 is 1.74. The lowest BCUT2D eigenvalue weighted by molar-refractivity contribution is 0.0998. The molecule has 4 heteroatoms. The Balaban J connectivity index is 1.59. The molecular formula is C16H22N2OS. The van der Waals surface area contributed by atoms with Crippen LogP contribution >= 0.6 is 11.3 Å². The maximum atomic E-state index is 9.72. The van der Waals surface area contributed by atoms with Gasteiger partial charge in [-0.1, -0.05) is 6.42 Å². The third-order valence-corrected chi connectivity index (χ3v) is 5.14. The van der Waals surface area contributed by atoms with Gasteiger partial charge < -0.3 is 10.4 Å². The molecule has 2 heterocycles. The molecule has 3 unspecified atom stereocenters. The molecule has 2 aromatic rings. The SMILES string of the molecule is CC(NCC1CCCC(O)C1)c1cnc2ccsc2c1. The summed E-state index contributed by atoms with van der Waals surface area (Å²) in [5, 5.41) is 15.4. The predicted octanol–water partition coefficient (Wildman–Crippen LogP) is 3.50. The molecule has 0 saturated heterocycles. The van der Waals surface area contributed by atoms with Crippen LogP contribution in [0.3, 0.4) is 0 Å². The van der Waals surface area contributed by atoms with E-state index in [9.17, 15) is 5.11 Å². The lowest BCUT2D eigenvalue weighted by Crippen LogP contribution is -2.30. The molecule has 108 valence electrons. The monoisotopic (exact) mass is 290 g/mol. The van der Waals surface area contributed by atoms with Gasteiger partial charge in [-0.15, -0.1) is 11.3 Å². The van der Waals surface area contributed by atoms with Crippen LogP contribution in [0.1, 0.15) is 44.2 Å². The minimum Gasteiger partial charge on any atom is -0.393 e. The van der Waals surface area contributed by atoms with Gasteiger partial charge in [0, 0.05) is 12.2 Å². The van der Waals surface area contributed by atoms with Crippen molar-refractivity contribution in [2.45, 2.75) is 44.8 Å². The van der Waals surface area contributed by atoms with Crippen molar-refractivity contribution in [1.82, 2.24) is 10.3 Å². The second kappa shape index (κ2) is 6.20. The number of thiophene rings is 1. The van der Waals surface area contributed by atoms with Crippen LogP contribution in [0, 0.1) is 5.92 Å². The Morgan fingerprint density at radius 2 is 2.40 bits per heavy atom. The number of aromatic nitrogens is 1. The van der Waals surface area contributed by atoms with E-state index in [0.717, 1.165) is 31.3 Å². The number of hydrogen-bond acceptors (Lipinski definition) is 4. The molecule has 2 N–H and O–H groups in total. The molecular weight excluding hydrogens is 268 g/mol. The average Bonchev–Trinajstić information content (AvgIpc) is 2.92. The first kappa shape index (κ1) is 14.0. The van der Waals surface area contributed by atoms with Crippen LogP contribution < -0.4 is 5.32 Å². The summed E-state index contributed by atoms with van der Waals surface area (Å²) in [6.07, 6.45) is 6.20. The number of hydrogen-bond donors (Lipinski definition) is 2. The average molecular weight is 290 g/mol. The van der Waals surface area contributed by atoms with Crippen LogP contribution in [0.15, 0.2) is 23.7 Å². The Hall–Kier alpha value is -0.970. The molecule has 3 nitrogen and oxygen atoms in total. The van der Waals surface area contributed by atoms with Crippen LogP contribution in [-0.4, -0.2) is 22.7 Å². The lowest BCUT2D eigenvalue weighted by atomic mass is 9.87.